The van der Waals surface area contributed by atoms with Gasteiger partial charge < -0.3 is 14.4 Å². The van der Waals surface area contributed by atoms with Crippen LogP contribution in [0.25, 0.3) is 10.8 Å². The average molecular weight is 314 g/mol. The highest BCUT2D eigenvalue weighted by molar-refractivity contribution is 6.00. The Morgan fingerprint density at radius 2 is 1.78 bits per heavy atom. The van der Waals surface area contributed by atoms with Crippen LogP contribution < -0.4 is 9.64 Å². The second-order valence-electron chi connectivity index (χ2n) is 6.44. The van der Waals surface area contributed by atoms with Crippen LogP contribution in [0.1, 0.15) is 24.2 Å². The third-order valence-electron chi connectivity index (χ3n) is 4.40. The van der Waals surface area contributed by atoms with Gasteiger partial charge in [-0.05, 0) is 42.8 Å². The van der Waals surface area contributed by atoms with E-state index in [1.54, 1.807) is 7.11 Å². The summed E-state index contributed by atoms with van der Waals surface area (Å²) < 4.78 is 11.0. The number of carbonyl (C=O) groups excluding carboxylic acids is 1. The van der Waals surface area contributed by atoms with Crippen LogP contribution in [0.5, 0.6) is 5.75 Å². The van der Waals surface area contributed by atoms with Gasteiger partial charge in [-0.25, -0.2) is 0 Å². The van der Waals surface area contributed by atoms with E-state index in [1.807, 2.05) is 36.4 Å². The third-order valence-corrected chi connectivity index (χ3v) is 4.40. The van der Waals surface area contributed by atoms with Crippen LogP contribution in [-0.4, -0.2) is 44.7 Å². The van der Waals surface area contributed by atoms with Crippen LogP contribution in [-0.2, 0) is 4.74 Å². The predicted molar refractivity (Wildman–Crippen MR) is 90.4 cm³/mol. The van der Waals surface area contributed by atoms with Crippen LogP contribution in [0.15, 0.2) is 36.4 Å². The zero-order valence-electron chi connectivity index (χ0n) is 14.0. The summed E-state index contributed by atoms with van der Waals surface area (Å²) in [5, 5.41) is 2.15. The number of benzene rings is 2. The number of morpholine rings is 1. The van der Waals surface area contributed by atoms with Gasteiger partial charge in [-0.3, -0.25) is 4.79 Å². The second-order valence-corrected chi connectivity index (χ2v) is 6.44. The number of quaternary nitrogens is 1. The molecule has 3 rings (SSSR count). The zero-order valence-corrected chi connectivity index (χ0v) is 14.0. The second kappa shape index (κ2) is 6.69. The highest BCUT2D eigenvalue weighted by atomic mass is 16.5. The standard InChI is InChI=1S/C19H23NO3/c1-13-10-20(11-14(2)23-13)12-19(21)17-5-4-16-9-18(22-3)7-6-15(16)8-17/h4-9,13-14H,10-12H2,1-3H3/p+1/t13-,14-/m1/s1. The molecule has 4 heteroatoms. The Labute approximate surface area is 137 Å². The number of carbonyl (C=O) groups is 1. The van der Waals surface area contributed by atoms with Gasteiger partial charge in [0.15, 0.2) is 0 Å². The number of Topliss-reactive ketones (excluding diaryl/α,β-unsaturated/α-hetero) is 1. The Morgan fingerprint density at radius 1 is 1.13 bits per heavy atom. The normalized spacial score (nSPS) is 24.6. The van der Waals surface area contributed by atoms with Crippen molar-refractivity contribution in [3.8, 4) is 5.75 Å². The van der Waals surface area contributed by atoms with Gasteiger partial charge in [-0.15, -0.1) is 0 Å². The number of hydrogen-bond acceptors (Lipinski definition) is 3. The number of methoxy groups -OCH3 is 1. The lowest BCUT2D eigenvalue weighted by atomic mass is 10.0. The molecular weight excluding hydrogens is 290 g/mol. The molecule has 2 atom stereocenters. The van der Waals surface area contributed by atoms with E-state index < -0.39 is 0 Å². The molecule has 0 bridgehead atoms. The summed E-state index contributed by atoms with van der Waals surface area (Å²) in [5.74, 6) is 1.02. The van der Waals surface area contributed by atoms with Gasteiger partial charge in [0.25, 0.3) is 0 Å². The molecule has 4 nitrogen and oxygen atoms in total. The van der Waals surface area contributed by atoms with Gasteiger partial charge in [0.2, 0.25) is 5.78 Å². The highest BCUT2D eigenvalue weighted by Gasteiger charge is 2.27. The molecule has 1 fully saturated rings. The summed E-state index contributed by atoms with van der Waals surface area (Å²) in [7, 11) is 1.66. The van der Waals surface area contributed by atoms with Crippen molar-refractivity contribution in [2.45, 2.75) is 26.1 Å². The van der Waals surface area contributed by atoms with E-state index >= 15 is 0 Å². The lowest BCUT2D eigenvalue weighted by molar-refractivity contribution is -0.906. The summed E-state index contributed by atoms with van der Waals surface area (Å²) in [5.41, 5.74) is 0.780. The SMILES string of the molecule is COc1ccc2cc(C(=O)C[NH+]3C[C@@H](C)O[C@H](C)C3)ccc2c1. The number of nitrogens with one attached hydrogen (secondary N) is 1. The predicted octanol–water partition coefficient (Wildman–Crippen LogP) is 1.72. The van der Waals surface area contributed by atoms with E-state index in [2.05, 4.69) is 13.8 Å². The van der Waals surface area contributed by atoms with Gasteiger partial charge in [-0.2, -0.15) is 0 Å². The summed E-state index contributed by atoms with van der Waals surface area (Å²) in [6.45, 7) is 6.45. The molecule has 2 aromatic carbocycles. The Morgan fingerprint density at radius 3 is 2.48 bits per heavy atom. The topological polar surface area (TPSA) is 40.0 Å². The van der Waals surface area contributed by atoms with Gasteiger partial charge >= 0.3 is 0 Å². The summed E-state index contributed by atoms with van der Waals surface area (Å²) in [6, 6.07) is 11.8. The van der Waals surface area contributed by atoms with E-state index in [1.165, 1.54) is 4.90 Å². The fourth-order valence-corrected chi connectivity index (χ4v) is 3.39. The molecule has 0 amide bonds. The maximum atomic E-state index is 12.6. The molecule has 0 aliphatic carbocycles. The molecule has 1 aliphatic heterocycles. The van der Waals surface area contributed by atoms with E-state index in [0.717, 1.165) is 35.2 Å². The van der Waals surface area contributed by atoms with Crippen molar-refractivity contribution in [1.82, 2.24) is 0 Å². The molecule has 1 saturated heterocycles. The molecule has 0 radical (unpaired) electrons. The molecule has 1 aliphatic rings. The van der Waals surface area contributed by atoms with Crippen molar-refractivity contribution >= 4 is 16.6 Å². The lowest BCUT2D eigenvalue weighted by Crippen LogP contribution is -3.16. The van der Waals surface area contributed by atoms with Crippen LogP contribution in [0.4, 0.5) is 0 Å². The van der Waals surface area contributed by atoms with Crippen molar-refractivity contribution in [3.05, 3.63) is 42.0 Å². The Hall–Kier alpha value is -1.91. The Bertz CT molecular complexity index is 703. The van der Waals surface area contributed by atoms with Gasteiger partial charge in [0.1, 0.15) is 37.6 Å². The molecule has 0 saturated carbocycles. The van der Waals surface area contributed by atoms with Crippen molar-refractivity contribution in [2.24, 2.45) is 0 Å². The first-order chi connectivity index (χ1) is 11.0. The fourth-order valence-electron chi connectivity index (χ4n) is 3.39. The third kappa shape index (κ3) is 3.71. The van der Waals surface area contributed by atoms with Crippen LogP contribution in [0, 0.1) is 0 Å². The largest absolute Gasteiger partial charge is 0.497 e. The van der Waals surface area contributed by atoms with Gasteiger partial charge in [0, 0.05) is 5.56 Å². The summed E-state index contributed by atoms with van der Waals surface area (Å²) in [4.78, 5) is 13.9. The molecule has 0 aromatic heterocycles. The Kier molecular flexibility index (Phi) is 4.64. The van der Waals surface area contributed by atoms with Gasteiger partial charge in [-0.1, -0.05) is 18.2 Å². The molecule has 1 N–H and O–H groups in total. The minimum atomic E-state index is 0.194. The number of ether oxygens (including phenoxy) is 2. The maximum absolute atomic E-state index is 12.6. The molecule has 122 valence electrons. The minimum Gasteiger partial charge on any atom is -0.497 e. The highest BCUT2D eigenvalue weighted by Crippen LogP contribution is 2.21. The zero-order chi connectivity index (χ0) is 16.4. The monoisotopic (exact) mass is 314 g/mol. The smallest absolute Gasteiger partial charge is 0.216 e. The van der Waals surface area contributed by atoms with Gasteiger partial charge in [0.05, 0.1) is 7.11 Å². The molecular formula is C19H24NO3+. The summed E-state index contributed by atoms with van der Waals surface area (Å²) >= 11 is 0. The fraction of sp³-hybridized carbons (Fsp3) is 0.421. The van der Waals surface area contributed by atoms with Crippen molar-refractivity contribution in [3.63, 3.8) is 0 Å². The van der Waals surface area contributed by atoms with E-state index in [4.69, 9.17) is 9.47 Å². The number of fused-ring (bicyclic) bond motifs is 1. The van der Waals surface area contributed by atoms with Crippen LogP contribution in [0.2, 0.25) is 0 Å². The molecule has 23 heavy (non-hydrogen) atoms. The molecule has 0 spiro atoms. The van der Waals surface area contributed by atoms with Crippen molar-refractivity contribution in [2.75, 3.05) is 26.7 Å². The number of hydrogen-bond donors (Lipinski definition) is 1. The molecule has 1 heterocycles. The number of ketones is 1. The first-order valence-electron chi connectivity index (χ1n) is 8.15. The lowest BCUT2D eigenvalue weighted by Gasteiger charge is -2.31. The van der Waals surface area contributed by atoms with E-state index in [9.17, 15) is 4.79 Å². The Balaban J connectivity index is 1.75. The summed E-state index contributed by atoms with van der Waals surface area (Å²) in [6.07, 6.45) is 0.427. The minimum absolute atomic E-state index is 0.194. The average Bonchev–Trinajstić information content (AvgIpc) is 2.52. The van der Waals surface area contributed by atoms with Crippen molar-refractivity contribution in [1.29, 1.82) is 0 Å². The first kappa shape index (κ1) is 16.0. The first-order valence-corrected chi connectivity index (χ1v) is 8.15. The quantitative estimate of drug-likeness (QED) is 0.874. The van der Waals surface area contributed by atoms with E-state index in [0.29, 0.717) is 6.54 Å². The van der Waals surface area contributed by atoms with Crippen LogP contribution in [0.3, 0.4) is 0 Å². The van der Waals surface area contributed by atoms with E-state index in [-0.39, 0.29) is 18.0 Å². The van der Waals surface area contributed by atoms with Crippen LogP contribution >= 0.6 is 0 Å². The molecule has 2 aromatic rings. The maximum Gasteiger partial charge on any atom is 0.216 e. The van der Waals surface area contributed by atoms with Crippen molar-refractivity contribution < 1.29 is 19.2 Å². The molecule has 0 unspecified atom stereocenters. The number of rotatable bonds is 4.